The summed E-state index contributed by atoms with van der Waals surface area (Å²) in [6, 6.07) is 0.475. The van der Waals surface area contributed by atoms with Gasteiger partial charge in [0.25, 0.3) is 0 Å². The van der Waals surface area contributed by atoms with E-state index in [0.717, 1.165) is 18.6 Å². The molecule has 0 saturated heterocycles. The molecular formula is C9H19NO. The zero-order valence-corrected chi connectivity index (χ0v) is 7.76. The van der Waals surface area contributed by atoms with Gasteiger partial charge in [-0.3, -0.25) is 0 Å². The summed E-state index contributed by atoms with van der Waals surface area (Å²) in [7, 11) is 0. The zero-order valence-electron chi connectivity index (χ0n) is 7.76. The van der Waals surface area contributed by atoms with Gasteiger partial charge in [-0.15, -0.1) is 0 Å². The minimum absolute atomic E-state index is 0.475. The number of aldehydes is 1. The highest BCUT2D eigenvalue weighted by Gasteiger charge is 2.01. The van der Waals surface area contributed by atoms with Crippen LogP contribution in [-0.4, -0.2) is 18.9 Å². The number of rotatable bonds is 6. The van der Waals surface area contributed by atoms with Gasteiger partial charge in [-0.1, -0.05) is 13.8 Å². The van der Waals surface area contributed by atoms with Crippen LogP contribution in [0.1, 0.15) is 33.6 Å². The second-order valence-corrected chi connectivity index (χ2v) is 3.45. The van der Waals surface area contributed by atoms with Crippen LogP contribution in [0, 0.1) is 5.92 Å². The van der Waals surface area contributed by atoms with E-state index >= 15 is 0 Å². The van der Waals surface area contributed by atoms with Crippen molar-refractivity contribution >= 4 is 6.29 Å². The van der Waals surface area contributed by atoms with Crippen molar-refractivity contribution in [1.29, 1.82) is 0 Å². The molecule has 1 unspecified atom stereocenters. The Kier molecular flexibility index (Phi) is 6.13. The lowest BCUT2D eigenvalue weighted by Crippen LogP contribution is -2.27. The molecule has 0 spiro atoms. The predicted molar refractivity (Wildman–Crippen MR) is 47.6 cm³/mol. The van der Waals surface area contributed by atoms with Crippen LogP contribution in [0.4, 0.5) is 0 Å². The highest BCUT2D eigenvalue weighted by molar-refractivity contribution is 5.51. The van der Waals surface area contributed by atoms with E-state index in [1.807, 2.05) is 0 Å². The third-order valence-electron chi connectivity index (χ3n) is 1.73. The molecule has 0 aliphatic rings. The van der Waals surface area contributed by atoms with Gasteiger partial charge in [-0.2, -0.15) is 0 Å². The average Bonchev–Trinajstić information content (AvgIpc) is 1.97. The monoisotopic (exact) mass is 157 g/mol. The molecule has 66 valence electrons. The van der Waals surface area contributed by atoms with E-state index in [0.29, 0.717) is 12.6 Å². The number of nitrogens with one attached hydrogen (secondary N) is 1. The van der Waals surface area contributed by atoms with Gasteiger partial charge in [-0.25, -0.2) is 0 Å². The van der Waals surface area contributed by atoms with Crippen molar-refractivity contribution in [2.45, 2.75) is 39.7 Å². The molecule has 0 heterocycles. The number of hydrogen-bond acceptors (Lipinski definition) is 2. The Morgan fingerprint density at radius 3 is 2.36 bits per heavy atom. The molecule has 0 fully saturated rings. The smallest absolute Gasteiger partial charge is 0.133 e. The summed E-state index contributed by atoms with van der Waals surface area (Å²) in [6.07, 6.45) is 3.30. The molecule has 0 radical (unpaired) electrons. The van der Waals surface area contributed by atoms with Crippen LogP contribution in [-0.2, 0) is 4.79 Å². The molecule has 0 saturated carbocycles. The molecule has 1 N–H and O–H groups in total. The third-order valence-corrected chi connectivity index (χ3v) is 1.73. The SMILES string of the molecule is CC(C)CCC(C)NCC=O. The van der Waals surface area contributed by atoms with Gasteiger partial charge < -0.3 is 10.1 Å². The topological polar surface area (TPSA) is 29.1 Å². The van der Waals surface area contributed by atoms with Crippen LogP contribution in [0.2, 0.25) is 0 Å². The van der Waals surface area contributed by atoms with Gasteiger partial charge in [0.2, 0.25) is 0 Å². The summed E-state index contributed by atoms with van der Waals surface area (Å²) in [4.78, 5) is 9.98. The first-order valence-corrected chi connectivity index (χ1v) is 4.33. The van der Waals surface area contributed by atoms with Crippen molar-refractivity contribution in [3.8, 4) is 0 Å². The summed E-state index contributed by atoms with van der Waals surface area (Å²) in [5.41, 5.74) is 0. The Labute approximate surface area is 69.4 Å². The van der Waals surface area contributed by atoms with Gasteiger partial charge in [0.05, 0.1) is 6.54 Å². The van der Waals surface area contributed by atoms with Crippen molar-refractivity contribution in [3.05, 3.63) is 0 Å². The van der Waals surface area contributed by atoms with Crippen LogP contribution < -0.4 is 5.32 Å². The summed E-state index contributed by atoms with van der Waals surface area (Å²) >= 11 is 0. The van der Waals surface area contributed by atoms with Crippen LogP contribution in [0.15, 0.2) is 0 Å². The van der Waals surface area contributed by atoms with E-state index in [4.69, 9.17) is 0 Å². The van der Waals surface area contributed by atoms with Gasteiger partial charge in [0.1, 0.15) is 6.29 Å². The second kappa shape index (κ2) is 6.35. The Morgan fingerprint density at radius 1 is 1.27 bits per heavy atom. The van der Waals surface area contributed by atoms with Gasteiger partial charge >= 0.3 is 0 Å². The summed E-state index contributed by atoms with van der Waals surface area (Å²) in [6.45, 7) is 7.03. The molecule has 0 aromatic rings. The normalized spacial score (nSPS) is 13.5. The van der Waals surface area contributed by atoms with E-state index in [-0.39, 0.29) is 0 Å². The largest absolute Gasteiger partial charge is 0.308 e. The Hall–Kier alpha value is -0.370. The highest BCUT2D eigenvalue weighted by Crippen LogP contribution is 2.05. The fourth-order valence-corrected chi connectivity index (χ4v) is 0.935. The first-order valence-electron chi connectivity index (χ1n) is 4.33. The standard InChI is InChI=1S/C9H19NO/c1-8(2)4-5-9(3)10-6-7-11/h7-10H,4-6H2,1-3H3. The summed E-state index contributed by atoms with van der Waals surface area (Å²) in [5.74, 6) is 0.760. The number of carbonyl (C=O) groups excluding carboxylic acids is 1. The van der Waals surface area contributed by atoms with E-state index in [2.05, 4.69) is 26.1 Å². The lowest BCUT2D eigenvalue weighted by atomic mass is 10.0. The molecule has 1 atom stereocenters. The maximum absolute atomic E-state index is 9.98. The maximum atomic E-state index is 9.98. The third kappa shape index (κ3) is 7.53. The van der Waals surface area contributed by atoms with E-state index in [9.17, 15) is 4.79 Å². The molecule has 2 heteroatoms. The Bertz CT molecular complexity index is 102. The lowest BCUT2D eigenvalue weighted by molar-refractivity contribution is -0.107. The van der Waals surface area contributed by atoms with Crippen LogP contribution in [0.3, 0.4) is 0 Å². The highest BCUT2D eigenvalue weighted by atomic mass is 16.1. The fourth-order valence-electron chi connectivity index (χ4n) is 0.935. The maximum Gasteiger partial charge on any atom is 0.133 e. The summed E-state index contributed by atoms with van der Waals surface area (Å²) in [5, 5.41) is 3.12. The van der Waals surface area contributed by atoms with Crippen molar-refractivity contribution < 1.29 is 4.79 Å². The molecule has 0 aromatic heterocycles. The zero-order chi connectivity index (χ0) is 8.69. The van der Waals surface area contributed by atoms with Crippen molar-refractivity contribution in [1.82, 2.24) is 5.32 Å². The Balaban J connectivity index is 3.21. The minimum Gasteiger partial charge on any atom is -0.308 e. The predicted octanol–water partition coefficient (Wildman–Crippen LogP) is 1.60. The number of hydrogen-bond donors (Lipinski definition) is 1. The van der Waals surface area contributed by atoms with Gasteiger partial charge in [0.15, 0.2) is 0 Å². The Morgan fingerprint density at radius 2 is 1.91 bits per heavy atom. The summed E-state index contributed by atoms with van der Waals surface area (Å²) < 4.78 is 0. The molecular weight excluding hydrogens is 138 g/mol. The quantitative estimate of drug-likeness (QED) is 0.593. The molecule has 0 aromatic carbocycles. The van der Waals surface area contributed by atoms with E-state index < -0.39 is 0 Å². The molecule has 0 amide bonds. The van der Waals surface area contributed by atoms with Crippen molar-refractivity contribution in [2.75, 3.05) is 6.54 Å². The molecule has 11 heavy (non-hydrogen) atoms. The lowest BCUT2D eigenvalue weighted by Gasteiger charge is -2.12. The van der Waals surface area contributed by atoms with Crippen LogP contribution in [0.5, 0.6) is 0 Å². The van der Waals surface area contributed by atoms with Crippen LogP contribution in [0.25, 0.3) is 0 Å². The van der Waals surface area contributed by atoms with Crippen LogP contribution >= 0.6 is 0 Å². The molecule has 0 aliphatic heterocycles. The molecule has 2 nitrogen and oxygen atoms in total. The van der Waals surface area contributed by atoms with Gasteiger partial charge in [0, 0.05) is 6.04 Å². The average molecular weight is 157 g/mol. The van der Waals surface area contributed by atoms with Gasteiger partial charge in [-0.05, 0) is 25.7 Å². The van der Waals surface area contributed by atoms with Crippen molar-refractivity contribution in [3.63, 3.8) is 0 Å². The minimum atomic E-state index is 0.475. The first-order chi connectivity index (χ1) is 5.16. The van der Waals surface area contributed by atoms with Crippen molar-refractivity contribution in [2.24, 2.45) is 5.92 Å². The first kappa shape index (κ1) is 10.6. The molecule has 0 aliphatic carbocycles. The van der Waals surface area contributed by atoms with E-state index in [1.54, 1.807) is 0 Å². The van der Waals surface area contributed by atoms with E-state index in [1.165, 1.54) is 6.42 Å². The molecule has 0 bridgehead atoms. The second-order valence-electron chi connectivity index (χ2n) is 3.45. The number of carbonyl (C=O) groups is 1. The molecule has 0 rings (SSSR count). The fraction of sp³-hybridized carbons (Fsp3) is 0.889.